The molecule has 2 aromatic carbocycles. The third-order valence-corrected chi connectivity index (χ3v) is 4.25. The van der Waals surface area contributed by atoms with E-state index in [4.69, 9.17) is 9.15 Å². The van der Waals surface area contributed by atoms with E-state index in [1.807, 2.05) is 36.4 Å². The molecule has 3 N–H and O–H groups in total. The molecule has 3 rings (SSSR count). The van der Waals surface area contributed by atoms with Crippen molar-refractivity contribution < 1.29 is 24.0 Å². The Labute approximate surface area is 151 Å². The van der Waals surface area contributed by atoms with Crippen LogP contribution >= 0.6 is 0 Å². The van der Waals surface area contributed by atoms with E-state index in [0.29, 0.717) is 11.3 Å². The van der Waals surface area contributed by atoms with Gasteiger partial charge in [0.15, 0.2) is 0 Å². The van der Waals surface area contributed by atoms with E-state index in [1.165, 1.54) is 0 Å². The van der Waals surface area contributed by atoms with Crippen molar-refractivity contribution in [2.24, 2.45) is 0 Å². The summed E-state index contributed by atoms with van der Waals surface area (Å²) in [6, 6.07) is 14.7. The predicted molar refractivity (Wildman–Crippen MR) is 98.7 cm³/mol. The summed E-state index contributed by atoms with van der Waals surface area (Å²) in [4.78, 5) is 12.4. The summed E-state index contributed by atoms with van der Waals surface area (Å²) in [5.41, 5.74) is 2.25. The van der Waals surface area contributed by atoms with Gasteiger partial charge in [0, 0.05) is 10.9 Å². The zero-order valence-electron chi connectivity index (χ0n) is 14.4. The highest BCUT2D eigenvalue weighted by molar-refractivity contribution is 6.43. The van der Waals surface area contributed by atoms with Crippen LogP contribution in [0.3, 0.4) is 0 Å². The molecule has 0 bridgehead atoms. The molecule has 6 nitrogen and oxygen atoms in total. The second kappa shape index (κ2) is 8.08. The van der Waals surface area contributed by atoms with E-state index in [-0.39, 0.29) is 18.7 Å². The van der Waals surface area contributed by atoms with E-state index in [2.05, 4.69) is 5.32 Å². The molecule has 0 radical (unpaired) electrons. The van der Waals surface area contributed by atoms with Crippen LogP contribution < -0.4 is 10.1 Å². The fraction of sp³-hybridized carbons (Fsp3) is 0.211. The maximum atomic E-state index is 12.4. The summed E-state index contributed by atoms with van der Waals surface area (Å²) in [5, 5.41) is 22.9. The van der Waals surface area contributed by atoms with E-state index < -0.39 is 13.1 Å². The molecule has 0 saturated heterocycles. The van der Waals surface area contributed by atoms with Crippen LogP contribution in [0.25, 0.3) is 11.0 Å². The van der Waals surface area contributed by atoms with Gasteiger partial charge in [0.25, 0.3) is 0 Å². The molecular weight excluding hydrogens is 333 g/mol. The van der Waals surface area contributed by atoms with Gasteiger partial charge in [-0.05, 0) is 24.1 Å². The lowest BCUT2D eigenvalue weighted by molar-refractivity contribution is -0.120. The van der Waals surface area contributed by atoms with Gasteiger partial charge in [-0.15, -0.1) is 0 Å². The highest BCUT2D eigenvalue weighted by atomic mass is 16.5. The normalized spacial score (nSPS) is 12.0. The second-order valence-corrected chi connectivity index (χ2v) is 6.04. The first kappa shape index (κ1) is 18.0. The van der Waals surface area contributed by atoms with Gasteiger partial charge < -0.3 is 24.5 Å². The van der Waals surface area contributed by atoms with Gasteiger partial charge in [-0.3, -0.25) is 4.79 Å². The number of ether oxygens (including phenoxy) is 1. The van der Waals surface area contributed by atoms with Crippen molar-refractivity contribution >= 4 is 24.0 Å². The quantitative estimate of drug-likeness (QED) is 0.563. The number of nitrogens with one attached hydrogen (secondary N) is 1. The van der Waals surface area contributed by atoms with Gasteiger partial charge in [-0.2, -0.15) is 0 Å². The molecule has 3 aromatic rings. The van der Waals surface area contributed by atoms with Gasteiger partial charge in [0.1, 0.15) is 11.3 Å². The maximum Gasteiger partial charge on any atom is 0.475 e. The van der Waals surface area contributed by atoms with E-state index >= 15 is 0 Å². The highest BCUT2D eigenvalue weighted by Gasteiger charge is 2.27. The van der Waals surface area contributed by atoms with E-state index in [9.17, 15) is 14.8 Å². The monoisotopic (exact) mass is 353 g/mol. The Balaban J connectivity index is 1.71. The molecule has 0 fully saturated rings. The number of furan rings is 1. The average molecular weight is 353 g/mol. The predicted octanol–water partition coefficient (Wildman–Crippen LogP) is 1.72. The van der Waals surface area contributed by atoms with Gasteiger partial charge in [0.2, 0.25) is 5.91 Å². The van der Waals surface area contributed by atoms with Crippen molar-refractivity contribution in [2.75, 3.05) is 7.11 Å². The number of benzene rings is 2. The van der Waals surface area contributed by atoms with Crippen LogP contribution in [-0.2, 0) is 17.6 Å². The second-order valence-electron chi connectivity index (χ2n) is 6.04. The first-order valence-electron chi connectivity index (χ1n) is 8.31. The van der Waals surface area contributed by atoms with Gasteiger partial charge in [-0.25, -0.2) is 0 Å². The Morgan fingerprint density at radius 1 is 1.15 bits per heavy atom. The van der Waals surface area contributed by atoms with Gasteiger partial charge in [-0.1, -0.05) is 36.4 Å². The van der Waals surface area contributed by atoms with Crippen LogP contribution in [0.2, 0.25) is 0 Å². The first-order valence-corrected chi connectivity index (χ1v) is 8.31. The lowest BCUT2D eigenvalue weighted by atomic mass is 9.75. The minimum atomic E-state index is -1.69. The molecule has 0 aliphatic heterocycles. The molecule has 0 aliphatic rings. The number of hydrogen-bond donors (Lipinski definition) is 3. The zero-order valence-corrected chi connectivity index (χ0v) is 14.4. The summed E-state index contributed by atoms with van der Waals surface area (Å²) in [5.74, 6) is -0.553. The number of hydrogen-bond acceptors (Lipinski definition) is 5. The van der Waals surface area contributed by atoms with Crippen molar-refractivity contribution in [3.05, 3.63) is 65.9 Å². The van der Waals surface area contributed by atoms with Gasteiger partial charge in [0.05, 0.1) is 25.7 Å². The molecule has 1 atom stereocenters. The smallest absolute Gasteiger partial charge is 0.475 e. The summed E-state index contributed by atoms with van der Waals surface area (Å²) < 4.78 is 10.7. The third kappa shape index (κ3) is 4.07. The standard InChI is InChI=1S/C19H20BNO5/c1-25-16-8-4-2-6-13(16)11-19(22)21-18(20(23)24)10-14-12-26-17-9-5-3-7-15(14)17/h2-9,12,18,23-24H,10-11H2,1H3,(H,21,22). The Morgan fingerprint density at radius 3 is 2.65 bits per heavy atom. The molecule has 0 saturated carbocycles. The van der Waals surface area contributed by atoms with Crippen LogP contribution in [0, 0.1) is 0 Å². The van der Waals surface area contributed by atoms with Crippen molar-refractivity contribution in [1.82, 2.24) is 5.32 Å². The number of carbonyl (C=O) groups is 1. The Bertz CT molecular complexity index is 892. The van der Waals surface area contributed by atoms with Crippen LogP contribution in [-0.4, -0.2) is 36.1 Å². The Hall–Kier alpha value is -2.77. The minimum absolute atomic E-state index is 0.0827. The molecule has 134 valence electrons. The Morgan fingerprint density at radius 2 is 1.88 bits per heavy atom. The van der Waals surface area contributed by atoms with Crippen LogP contribution in [0.4, 0.5) is 0 Å². The topological polar surface area (TPSA) is 91.9 Å². The number of methoxy groups -OCH3 is 1. The lowest BCUT2D eigenvalue weighted by Crippen LogP contribution is -2.48. The summed E-state index contributed by atoms with van der Waals surface area (Å²) in [6.45, 7) is 0. The van der Waals surface area contributed by atoms with Gasteiger partial charge >= 0.3 is 7.12 Å². The van der Waals surface area contributed by atoms with Crippen molar-refractivity contribution in [1.29, 1.82) is 0 Å². The third-order valence-electron chi connectivity index (χ3n) is 4.25. The van der Waals surface area contributed by atoms with Crippen molar-refractivity contribution in [2.45, 2.75) is 18.8 Å². The molecule has 1 amide bonds. The average Bonchev–Trinajstić information content (AvgIpc) is 3.04. The number of fused-ring (bicyclic) bond motifs is 1. The molecular formula is C19H20BNO5. The summed E-state index contributed by atoms with van der Waals surface area (Å²) in [6.07, 6.45) is 1.90. The largest absolute Gasteiger partial charge is 0.496 e. The van der Waals surface area contributed by atoms with Crippen molar-refractivity contribution in [3.63, 3.8) is 0 Å². The Kier molecular flexibility index (Phi) is 5.60. The first-order chi connectivity index (χ1) is 12.6. The maximum absolute atomic E-state index is 12.4. The molecule has 0 spiro atoms. The number of amides is 1. The summed E-state index contributed by atoms with van der Waals surface area (Å²) >= 11 is 0. The fourth-order valence-corrected chi connectivity index (χ4v) is 2.94. The number of rotatable bonds is 7. The molecule has 26 heavy (non-hydrogen) atoms. The summed E-state index contributed by atoms with van der Waals surface area (Å²) in [7, 11) is -0.147. The van der Waals surface area contributed by atoms with Crippen LogP contribution in [0.1, 0.15) is 11.1 Å². The minimum Gasteiger partial charge on any atom is -0.496 e. The lowest BCUT2D eigenvalue weighted by Gasteiger charge is -2.18. The highest BCUT2D eigenvalue weighted by Crippen LogP contribution is 2.22. The zero-order chi connectivity index (χ0) is 18.5. The molecule has 1 aromatic heterocycles. The fourth-order valence-electron chi connectivity index (χ4n) is 2.94. The molecule has 7 heteroatoms. The van der Waals surface area contributed by atoms with Crippen LogP contribution in [0.15, 0.2) is 59.2 Å². The SMILES string of the molecule is COc1ccccc1CC(=O)NC(Cc1coc2ccccc12)B(O)O. The molecule has 0 aliphatic carbocycles. The molecule has 1 unspecified atom stereocenters. The van der Waals surface area contributed by atoms with E-state index in [1.54, 1.807) is 25.5 Å². The van der Waals surface area contributed by atoms with Crippen molar-refractivity contribution in [3.8, 4) is 5.75 Å². The molecule has 1 heterocycles. The number of carbonyl (C=O) groups excluding carboxylic acids is 1. The number of para-hydroxylation sites is 2. The van der Waals surface area contributed by atoms with E-state index in [0.717, 1.165) is 16.5 Å². The van der Waals surface area contributed by atoms with Crippen LogP contribution in [0.5, 0.6) is 5.75 Å².